The molecule has 1 N–H and O–H groups in total. The van der Waals surface area contributed by atoms with Crippen LogP contribution in [-0.2, 0) is 0 Å². The Hall–Kier alpha value is -2.54. The molecule has 21 heavy (non-hydrogen) atoms. The largest absolute Gasteiger partial charge is 0.491 e. The van der Waals surface area contributed by atoms with E-state index in [0.29, 0.717) is 5.56 Å². The molecule has 2 aromatic rings. The van der Waals surface area contributed by atoms with Gasteiger partial charge in [-0.15, -0.1) is 0 Å². The van der Waals surface area contributed by atoms with Crippen LogP contribution in [0.5, 0.6) is 5.75 Å². The Morgan fingerprint density at radius 3 is 2.57 bits per heavy atom. The summed E-state index contributed by atoms with van der Waals surface area (Å²) in [4.78, 5) is 14.5. The maximum atomic E-state index is 11.8. The highest BCUT2D eigenvalue weighted by atomic mass is 16.5. The maximum Gasteiger partial charge on any atom is 0.266 e. The van der Waals surface area contributed by atoms with Crippen molar-refractivity contribution in [1.29, 1.82) is 5.26 Å². The number of ether oxygens (including phenoxy) is 1. The van der Waals surface area contributed by atoms with Crippen LogP contribution in [0.25, 0.3) is 11.1 Å². The molecule has 0 saturated carbocycles. The van der Waals surface area contributed by atoms with Gasteiger partial charge in [-0.1, -0.05) is 19.1 Å². The third kappa shape index (κ3) is 3.32. The topological polar surface area (TPSA) is 65.9 Å². The van der Waals surface area contributed by atoms with Crippen LogP contribution >= 0.6 is 0 Å². The lowest BCUT2D eigenvalue weighted by Crippen LogP contribution is -2.12. The molecule has 1 heterocycles. The second-order valence-electron chi connectivity index (χ2n) is 5.04. The first kappa shape index (κ1) is 14.9. The van der Waals surface area contributed by atoms with E-state index in [2.05, 4.69) is 11.9 Å². The monoisotopic (exact) mass is 282 g/mol. The fraction of sp³-hybridized carbons (Fsp3) is 0.294. The Morgan fingerprint density at radius 2 is 2.00 bits per heavy atom. The number of nitrogens with one attached hydrogen (secondary N) is 1. The molecule has 1 aromatic carbocycles. The van der Waals surface area contributed by atoms with E-state index in [0.717, 1.165) is 23.4 Å². The van der Waals surface area contributed by atoms with Crippen LogP contribution in [0.1, 0.15) is 31.5 Å². The lowest BCUT2D eigenvalue weighted by molar-refractivity contribution is 0.217. The second kappa shape index (κ2) is 6.27. The number of rotatable bonds is 4. The van der Waals surface area contributed by atoms with Gasteiger partial charge in [-0.25, -0.2) is 0 Å². The third-order valence-corrected chi connectivity index (χ3v) is 3.36. The molecule has 2 rings (SSSR count). The van der Waals surface area contributed by atoms with Gasteiger partial charge in [0.25, 0.3) is 5.56 Å². The normalized spacial score (nSPS) is 11.7. The first-order chi connectivity index (χ1) is 10.0. The number of aromatic nitrogens is 1. The minimum absolute atomic E-state index is 0.135. The van der Waals surface area contributed by atoms with Crippen LogP contribution in [0, 0.1) is 18.3 Å². The Kier molecular flexibility index (Phi) is 4.44. The Balaban J connectivity index is 2.40. The molecular formula is C17H18N2O2. The van der Waals surface area contributed by atoms with Gasteiger partial charge in [-0.2, -0.15) is 5.26 Å². The van der Waals surface area contributed by atoms with E-state index >= 15 is 0 Å². The molecule has 0 spiro atoms. The van der Waals surface area contributed by atoms with Crippen molar-refractivity contribution in [2.45, 2.75) is 33.3 Å². The van der Waals surface area contributed by atoms with Crippen LogP contribution in [0.15, 0.2) is 35.1 Å². The zero-order valence-corrected chi connectivity index (χ0v) is 12.4. The number of hydrogen-bond acceptors (Lipinski definition) is 3. The molecule has 4 heteroatoms. The molecule has 0 aliphatic heterocycles. The van der Waals surface area contributed by atoms with E-state index in [9.17, 15) is 4.79 Å². The number of aromatic amines is 1. The summed E-state index contributed by atoms with van der Waals surface area (Å²) in [7, 11) is 0. The Morgan fingerprint density at radius 1 is 1.33 bits per heavy atom. The Labute approximate surface area is 124 Å². The van der Waals surface area contributed by atoms with Gasteiger partial charge in [-0.3, -0.25) is 4.79 Å². The highest BCUT2D eigenvalue weighted by molar-refractivity contribution is 5.70. The summed E-state index contributed by atoms with van der Waals surface area (Å²) in [6.07, 6.45) is 1.10. The summed E-state index contributed by atoms with van der Waals surface area (Å²) >= 11 is 0. The minimum atomic E-state index is -0.354. The first-order valence-corrected chi connectivity index (χ1v) is 6.96. The molecule has 1 atom stereocenters. The number of hydrogen-bond donors (Lipinski definition) is 1. The molecule has 0 fully saturated rings. The highest BCUT2D eigenvalue weighted by Crippen LogP contribution is 2.25. The van der Waals surface area contributed by atoms with Crippen molar-refractivity contribution in [3.05, 3.63) is 51.9 Å². The molecular weight excluding hydrogens is 264 g/mol. The summed E-state index contributed by atoms with van der Waals surface area (Å²) in [6.45, 7) is 5.88. The molecule has 4 nitrogen and oxygen atoms in total. The first-order valence-electron chi connectivity index (χ1n) is 6.96. The van der Waals surface area contributed by atoms with Gasteiger partial charge in [0, 0.05) is 11.3 Å². The summed E-state index contributed by atoms with van der Waals surface area (Å²) in [5, 5.41) is 9.16. The van der Waals surface area contributed by atoms with Gasteiger partial charge in [0.2, 0.25) is 0 Å². The van der Waals surface area contributed by atoms with E-state index in [1.165, 1.54) is 0 Å². The number of aryl methyl sites for hydroxylation is 1. The molecule has 0 amide bonds. The molecule has 1 unspecified atom stereocenters. The summed E-state index contributed by atoms with van der Waals surface area (Å²) in [6, 6.07) is 11.2. The number of nitriles is 1. The zero-order chi connectivity index (χ0) is 15.4. The molecule has 1 aromatic heterocycles. The zero-order valence-electron chi connectivity index (χ0n) is 12.4. The standard InChI is InChI=1S/C17H18N2O2/c1-4-12(3)21-14-7-5-13(6-8-14)15-9-11(2)19-17(20)16(15)10-18/h5-9,12H,4H2,1-3H3,(H,19,20). The van der Waals surface area contributed by atoms with Gasteiger partial charge < -0.3 is 9.72 Å². The van der Waals surface area contributed by atoms with E-state index < -0.39 is 0 Å². The maximum absolute atomic E-state index is 11.8. The van der Waals surface area contributed by atoms with Gasteiger partial charge in [-0.05, 0) is 44.0 Å². The van der Waals surface area contributed by atoms with Crippen molar-refractivity contribution >= 4 is 0 Å². The summed E-state index contributed by atoms with van der Waals surface area (Å²) in [5.41, 5.74) is 1.99. The van der Waals surface area contributed by atoms with Crippen molar-refractivity contribution in [2.75, 3.05) is 0 Å². The number of benzene rings is 1. The van der Waals surface area contributed by atoms with Crippen molar-refractivity contribution in [2.24, 2.45) is 0 Å². The van der Waals surface area contributed by atoms with Gasteiger partial charge in [0.15, 0.2) is 0 Å². The van der Waals surface area contributed by atoms with E-state index in [-0.39, 0.29) is 17.2 Å². The van der Waals surface area contributed by atoms with Crippen LogP contribution in [0.3, 0.4) is 0 Å². The van der Waals surface area contributed by atoms with Crippen molar-refractivity contribution in [3.63, 3.8) is 0 Å². The van der Waals surface area contributed by atoms with Gasteiger partial charge in [0.1, 0.15) is 17.4 Å². The van der Waals surface area contributed by atoms with Crippen LogP contribution < -0.4 is 10.3 Å². The number of H-pyrrole nitrogens is 1. The summed E-state index contributed by atoms with van der Waals surface area (Å²) in [5.74, 6) is 0.785. The lowest BCUT2D eigenvalue weighted by Gasteiger charge is -2.13. The van der Waals surface area contributed by atoms with Crippen LogP contribution in [-0.4, -0.2) is 11.1 Å². The van der Waals surface area contributed by atoms with Crippen molar-refractivity contribution < 1.29 is 4.74 Å². The molecule has 0 radical (unpaired) electrons. The quantitative estimate of drug-likeness (QED) is 0.934. The molecule has 0 aliphatic rings. The van der Waals surface area contributed by atoms with Crippen LogP contribution in [0.2, 0.25) is 0 Å². The number of nitrogens with zero attached hydrogens (tertiary/aromatic N) is 1. The molecule has 0 saturated heterocycles. The van der Waals surface area contributed by atoms with Crippen LogP contribution in [0.4, 0.5) is 0 Å². The predicted molar refractivity (Wildman–Crippen MR) is 82.3 cm³/mol. The number of pyridine rings is 1. The average molecular weight is 282 g/mol. The minimum Gasteiger partial charge on any atom is -0.491 e. The summed E-state index contributed by atoms with van der Waals surface area (Å²) < 4.78 is 5.73. The van der Waals surface area contributed by atoms with Crippen molar-refractivity contribution in [1.82, 2.24) is 4.98 Å². The fourth-order valence-electron chi connectivity index (χ4n) is 2.06. The Bertz CT molecular complexity index is 724. The van der Waals surface area contributed by atoms with Gasteiger partial charge in [0.05, 0.1) is 6.10 Å². The molecule has 0 aliphatic carbocycles. The van der Waals surface area contributed by atoms with E-state index in [1.54, 1.807) is 6.92 Å². The smallest absolute Gasteiger partial charge is 0.266 e. The second-order valence-corrected chi connectivity index (χ2v) is 5.04. The van der Waals surface area contributed by atoms with E-state index in [4.69, 9.17) is 10.00 Å². The van der Waals surface area contributed by atoms with Gasteiger partial charge >= 0.3 is 0 Å². The van der Waals surface area contributed by atoms with E-state index in [1.807, 2.05) is 43.3 Å². The SMILES string of the molecule is CCC(C)Oc1ccc(-c2cc(C)[nH]c(=O)c2C#N)cc1. The van der Waals surface area contributed by atoms with Crippen molar-refractivity contribution in [3.8, 4) is 22.9 Å². The fourth-order valence-corrected chi connectivity index (χ4v) is 2.06. The predicted octanol–water partition coefficient (Wildman–Crippen LogP) is 3.40. The lowest BCUT2D eigenvalue weighted by atomic mass is 10.0. The average Bonchev–Trinajstić information content (AvgIpc) is 2.47. The highest BCUT2D eigenvalue weighted by Gasteiger charge is 2.10. The third-order valence-electron chi connectivity index (χ3n) is 3.36. The molecule has 108 valence electrons. The molecule has 0 bridgehead atoms.